The van der Waals surface area contributed by atoms with Gasteiger partial charge in [-0.3, -0.25) is 14.9 Å². The number of nitro groups is 1. The van der Waals surface area contributed by atoms with E-state index in [0.717, 1.165) is 7.11 Å². The van der Waals surface area contributed by atoms with Gasteiger partial charge in [0.05, 0.1) is 30.8 Å². The third-order valence-electron chi connectivity index (χ3n) is 4.67. The largest absolute Gasteiger partial charge is 0.494 e. The van der Waals surface area contributed by atoms with Crippen LogP contribution >= 0.6 is 0 Å². The third kappa shape index (κ3) is 6.48. The number of hydrogen-bond donors (Lipinski definition) is 1. The van der Waals surface area contributed by atoms with E-state index < -0.39 is 46.1 Å². The molecule has 2 aromatic carbocycles. The lowest BCUT2D eigenvalue weighted by atomic mass is 10.0. The molecule has 0 bridgehead atoms. The van der Waals surface area contributed by atoms with Crippen LogP contribution in [0.3, 0.4) is 0 Å². The number of hydrogen-bond acceptors (Lipinski definition) is 7. The first kappa shape index (κ1) is 25.7. The molecule has 2 atom stereocenters. The summed E-state index contributed by atoms with van der Waals surface area (Å²) in [7, 11) is 2.49. The van der Waals surface area contributed by atoms with Crippen molar-refractivity contribution >= 4 is 17.6 Å². The molecule has 2 rings (SSSR count). The van der Waals surface area contributed by atoms with Crippen molar-refractivity contribution in [2.75, 3.05) is 14.2 Å². The summed E-state index contributed by atoms with van der Waals surface area (Å²) >= 11 is 0. The molecule has 0 aromatic heterocycles. The summed E-state index contributed by atoms with van der Waals surface area (Å²) in [6.07, 6.45) is -0.776. The van der Waals surface area contributed by atoms with Crippen molar-refractivity contribution in [3.05, 3.63) is 57.9 Å². The normalized spacial score (nSPS) is 13.1. The number of methoxy groups -OCH3 is 2. The summed E-state index contributed by atoms with van der Waals surface area (Å²) in [5.41, 5.74) is -0.696. The van der Waals surface area contributed by atoms with Gasteiger partial charge in [0, 0.05) is 6.07 Å². The molecule has 0 spiro atoms. The number of rotatable bonds is 8. The molecular formula is C23H27FN2O7. The topological polar surface area (TPSA) is 117 Å². The number of esters is 1. The van der Waals surface area contributed by atoms with E-state index in [0.29, 0.717) is 11.1 Å². The van der Waals surface area contributed by atoms with Crippen molar-refractivity contribution in [1.82, 2.24) is 5.32 Å². The molecule has 1 N–H and O–H groups in total. The Hall–Kier alpha value is -3.53. The maximum absolute atomic E-state index is 14.1. The highest BCUT2D eigenvalue weighted by Gasteiger charge is 2.33. The first-order valence-corrected chi connectivity index (χ1v) is 10.1. The van der Waals surface area contributed by atoms with Crippen molar-refractivity contribution in [2.45, 2.75) is 45.4 Å². The molecule has 10 heteroatoms. The zero-order valence-corrected chi connectivity index (χ0v) is 19.3. The molecule has 0 saturated heterocycles. The van der Waals surface area contributed by atoms with Crippen LogP contribution in [0.4, 0.5) is 10.1 Å². The van der Waals surface area contributed by atoms with Gasteiger partial charge in [-0.15, -0.1) is 0 Å². The molecule has 2 aromatic rings. The van der Waals surface area contributed by atoms with Gasteiger partial charge in [0.1, 0.15) is 5.56 Å². The fourth-order valence-electron chi connectivity index (χ4n) is 3.24. The Balaban J connectivity index is 2.40. The number of carbonyl (C=O) groups excluding carboxylic acids is 2. The first-order chi connectivity index (χ1) is 15.4. The van der Waals surface area contributed by atoms with E-state index in [9.17, 15) is 24.1 Å². The third-order valence-corrected chi connectivity index (χ3v) is 4.67. The van der Waals surface area contributed by atoms with Gasteiger partial charge in [-0.25, -0.2) is 9.18 Å². The summed E-state index contributed by atoms with van der Waals surface area (Å²) in [5.74, 6) is -2.21. The number of carbonyl (C=O) groups is 2. The summed E-state index contributed by atoms with van der Waals surface area (Å²) in [6, 6.07) is 6.78. The highest BCUT2D eigenvalue weighted by Crippen LogP contribution is 2.30. The quantitative estimate of drug-likeness (QED) is 0.359. The summed E-state index contributed by atoms with van der Waals surface area (Å²) in [4.78, 5) is 36.1. The second-order valence-electron chi connectivity index (χ2n) is 8.25. The second-order valence-corrected chi connectivity index (χ2v) is 8.25. The van der Waals surface area contributed by atoms with Crippen LogP contribution in [-0.4, -0.2) is 48.8 Å². The van der Waals surface area contributed by atoms with Crippen LogP contribution in [0.25, 0.3) is 11.1 Å². The van der Waals surface area contributed by atoms with Crippen LogP contribution in [0.15, 0.2) is 36.4 Å². The molecular weight excluding hydrogens is 435 g/mol. The molecule has 9 nitrogen and oxygen atoms in total. The van der Waals surface area contributed by atoms with Gasteiger partial charge in [0.15, 0.2) is 17.6 Å². The zero-order valence-electron chi connectivity index (χ0n) is 19.3. The fraction of sp³-hybridized carbons (Fsp3) is 0.391. The average Bonchev–Trinajstić information content (AvgIpc) is 2.74. The van der Waals surface area contributed by atoms with Crippen LogP contribution in [0.2, 0.25) is 0 Å². The Bertz CT molecular complexity index is 1050. The number of ether oxygens (including phenoxy) is 3. The van der Waals surface area contributed by atoms with E-state index in [1.807, 2.05) is 0 Å². The number of nitrogens with one attached hydrogen (secondary N) is 1. The van der Waals surface area contributed by atoms with Crippen LogP contribution in [0, 0.1) is 15.9 Å². The second kappa shape index (κ2) is 10.4. The van der Waals surface area contributed by atoms with E-state index in [1.54, 1.807) is 33.8 Å². The highest BCUT2D eigenvalue weighted by molar-refractivity contribution is 6.01. The molecule has 0 radical (unpaired) electrons. The molecule has 0 aliphatic rings. The molecule has 0 fully saturated rings. The van der Waals surface area contributed by atoms with Gasteiger partial charge in [-0.05, 0) is 57.0 Å². The van der Waals surface area contributed by atoms with Crippen LogP contribution < -0.4 is 10.1 Å². The molecule has 0 aliphatic carbocycles. The number of halogens is 1. The Kier molecular flexibility index (Phi) is 8.10. The summed E-state index contributed by atoms with van der Waals surface area (Å²) in [5, 5.41) is 14.2. The molecule has 0 saturated carbocycles. The standard InChI is InChI=1S/C23H27FN2O7/c1-13(33-23(2,3)4)20(22(28)32-6)25-21(27)16-9-7-15(12-18(16)26(29)30)14-8-10-19(31-5)17(24)11-14/h7-13,20H,1-6H3,(H,25,27)/t13?,20-/m0/s1. The lowest BCUT2D eigenvalue weighted by Crippen LogP contribution is -2.51. The molecule has 0 aliphatic heterocycles. The average molecular weight is 462 g/mol. The monoisotopic (exact) mass is 462 g/mol. The summed E-state index contributed by atoms with van der Waals surface area (Å²) in [6.45, 7) is 6.94. The maximum atomic E-state index is 14.1. The lowest BCUT2D eigenvalue weighted by Gasteiger charge is -2.29. The van der Waals surface area contributed by atoms with Crippen molar-refractivity contribution < 1.29 is 33.1 Å². The Labute approximate surface area is 191 Å². The Morgan fingerprint density at radius 3 is 2.21 bits per heavy atom. The first-order valence-electron chi connectivity index (χ1n) is 10.1. The minimum Gasteiger partial charge on any atom is -0.494 e. The van der Waals surface area contributed by atoms with Crippen LogP contribution in [-0.2, 0) is 14.3 Å². The fourth-order valence-corrected chi connectivity index (χ4v) is 3.24. The van der Waals surface area contributed by atoms with Gasteiger partial charge < -0.3 is 19.5 Å². The SMILES string of the molecule is COC(=O)[C@@H](NC(=O)c1ccc(-c2ccc(OC)c(F)c2)cc1[N+](=O)[O-])C(C)OC(C)(C)C. The van der Waals surface area contributed by atoms with E-state index in [4.69, 9.17) is 14.2 Å². The number of amides is 1. The Morgan fingerprint density at radius 1 is 1.09 bits per heavy atom. The molecule has 1 unspecified atom stereocenters. The predicted molar refractivity (Wildman–Crippen MR) is 119 cm³/mol. The van der Waals surface area contributed by atoms with Gasteiger partial charge in [0.25, 0.3) is 11.6 Å². The van der Waals surface area contributed by atoms with E-state index in [-0.39, 0.29) is 11.3 Å². The molecule has 1 amide bonds. The van der Waals surface area contributed by atoms with E-state index in [1.165, 1.54) is 37.4 Å². The van der Waals surface area contributed by atoms with Crippen LogP contribution in [0.1, 0.15) is 38.1 Å². The molecule has 178 valence electrons. The van der Waals surface area contributed by atoms with Gasteiger partial charge >= 0.3 is 5.97 Å². The van der Waals surface area contributed by atoms with Crippen molar-refractivity contribution in [3.8, 4) is 16.9 Å². The van der Waals surface area contributed by atoms with Crippen molar-refractivity contribution in [1.29, 1.82) is 0 Å². The van der Waals surface area contributed by atoms with Crippen molar-refractivity contribution in [2.24, 2.45) is 0 Å². The maximum Gasteiger partial charge on any atom is 0.331 e. The smallest absolute Gasteiger partial charge is 0.331 e. The van der Waals surface area contributed by atoms with E-state index >= 15 is 0 Å². The number of nitrogens with zero attached hydrogens (tertiary/aromatic N) is 1. The molecule has 33 heavy (non-hydrogen) atoms. The zero-order chi connectivity index (χ0) is 24.9. The minimum absolute atomic E-state index is 0.0321. The summed E-state index contributed by atoms with van der Waals surface area (Å²) < 4.78 is 29.5. The molecule has 0 heterocycles. The number of nitro benzene ring substituents is 1. The van der Waals surface area contributed by atoms with Gasteiger partial charge in [-0.2, -0.15) is 0 Å². The lowest BCUT2D eigenvalue weighted by molar-refractivity contribution is -0.385. The minimum atomic E-state index is -1.20. The van der Waals surface area contributed by atoms with E-state index in [2.05, 4.69) is 5.32 Å². The highest BCUT2D eigenvalue weighted by atomic mass is 19.1. The van der Waals surface area contributed by atoms with Gasteiger partial charge in [0.2, 0.25) is 0 Å². The predicted octanol–water partition coefficient (Wildman–Crippen LogP) is 3.88. The van der Waals surface area contributed by atoms with Crippen LogP contribution in [0.5, 0.6) is 5.75 Å². The van der Waals surface area contributed by atoms with Gasteiger partial charge in [-0.1, -0.05) is 12.1 Å². The number of benzene rings is 2. The van der Waals surface area contributed by atoms with Crippen molar-refractivity contribution in [3.63, 3.8) is 0 Å². The Morgan fingerprint density at radius 2 is 1.70 bits per heavy atom.